The quantitative estimate of drug-likeness (QED) is 0.820. The van der Waals surface area contributed by atoms with E-state index in [1.54, 1.807) is 24.3 Å². The zero-order valence-corrected chi connectivity index (χ0v) is 9.21. The molecule has 0 bridgehead atoms. The van der Waals surface area contributed by atoms with E-state index in [-0.39, 0.29) is 0 Å². The Morgan fingerprint density at radius 2 is 2.31 bits per heavy atom. The van der Waals surface area contributed by atoms with E-state index in [4.69, 9.17) is 4.74 Å². The highest BCUT2D eigenvalue weighted by molar-refractivity contribution is 5.27. The second kappa shape index (κ2) is 4.71. The van der Waals surface area contributed by atoms with E-state index in [1.807, 2.05) is 19.2 Å². The van der Waals surface area contributed by atoms with Crippen molar-refractivity contribution >= 4 is 0 Å². The molecule has 0 fully saturated rings. The number of nitrogens with zero attached hydrogens (tertiary/aromatic N) is 4. The summed E-state index contributed by atoms with van der Waals surface area (Å²) in [6.45, 7) is 0.690. The van der Waals surface area contributed by atoms with Crippen LogP contribution in [-0.4, -0.2) is 26.8 Å². The van der Waals surface area contributed by atoms with Crippen LogP contribution in [-0.2, 0) is 13.6 Å². The molecule has 0 spiro atoms. The summed E-state index contributed by atoms with van der Waals surface area (Å²) in [6, 6.07) is 4.12. The topological polar surface area (TPSA) is 64.9 Å². The Labute approximate surface area is 93.3 Å². The number of hydrogen-bond acceptors (Lipinski definition) is 5. The van der Waals surface area contributed by atoms with E-state index in [2.05, 4.69) is 20.4 Å². The highest BCUT2D eigenvalue weighted by Gasteiger charge is 2.07. The second-order valence-corrected chi connectivity index (χ2v) is 3.30. The molecule has 0 amide bonds. The third-order valence-corrected chi connectivity index (χ3v) is 1.98. The molecule has 0 atom stereocenters. The number of ether oxygens (including phenoxy) is 1. The van der Waals surface area contributed by atoms with Crippen LogP contribution < -0.4 is 10.1 Å². The van der Waals surface area contributed by atoms with Gasteiger partial charge in [-0.1, -0.05) is 6.07 Å². The lowest BCUT2D eigenvalue weighted by Gasteiger charge is -2.05. The summed E-state index contributed by atoms with van der Waals surface area (Å²) in [7, 11) is 3.66. The first-order valence-corrected chi connectivity index (χ1v) is 4.91. The van der Waals surface area contributed by atoms with E-state index in [9.17, 15) is 0 Å². The summed E-state index contributed by atoms with van der Waals surface area (Å²) in [5.74, 6) is 0.531. The predicted molar refractivity (Wildman–Crippen MR) is 58.1 cm³/mol. The van der Waals surface area contributed by atoms with E-state index in [0.717, 1.165) is 5.56 Å². The van der Waals surface area contributed by atoms with Crippen LogP contribution in [0.4, 0.5) is 0 Å². The first kappa shape index (κ1) is 10.6. The van der Waals surface area contributed by atoms with Crippen LogP contribution in [0, 0.1) is 0 Å². The molecule has 0 aliphatic heterocycles. The van der Waals surface area contributed by atoms with Crippen molar-refractivity contribution in [2.24, 2.45) is 7.05 Å². The molecule has 0 saturated heterocycles. The minimum Gasteiger partial charge on any atom is -0.404 e. The zero-order chi connectivity index (χ0) is 11.4. The van der Waals surface area contributed by atoms with Crippen LogP contribution in [0.3, 0.4) is 0 Å². The highest BCUT2D eigenvalue weighted by atomic mass is 16.5. The molecule has 2 aromatic heterocycles. The third-order valence-electron chi connectivity index (χ3n) is 1.98. The van der Waals surface area contributed by atoms with Crippen molar-refractivity contribution in [2.45, 2.75) is 6.54 Å². The number of aromatic nitrogens is 4. The Bertz CT molecular complexity index is 468. The van der Waals surface area contributed by atoms with Gasteiger partial charge in [0, 0.05) is 25.4 Å². The fourth-order valence-electron chi connectivity index (χ4n) is 1.29. The predicted octanol–water partition coefficient (Wildman–Crippen LogP) is 0.722. The van der Waals surface area contributed by atoms with Crippen molar-refractivity contribution in [3.8, 4) is 11.9 Å². The van der Waals surface area contributed by atoms with Crippen molar-refractivity contribution in [3.63, 3.8) is 0 Å². The lowest BCUT2D eigenvalue weighted by atomic mass is 10.3. The smallest absolute Gasteiger partial charge is 0.342 e. The van der Waals surface area contributed by atoms with Gasteiger partial charge in [-0.05, 0) is 13.1 Å². The van der Waals surface area contributed by atoms with Gasteiger partial charge in [0.05, 0.1) is 0 Å². The number of aryl methyl sites for hydroxylation is 1. The van der Waals surface area contributed by atoms with Gasteiger partial charge >= 0.3 is 6.01 Å². The number of hydrogen-bond donors (Lipinski definition) is 1. The summed E-state index contributed by atoms with van der Waals surface area (Å²) in [6.07, 6.45) is 3.26. The Kier molecular flexibility index (Phi) is 3.11. The molecule has 2 rings (SSSR count). The molecule has 0 aliphatic carbocycles. The molecule has 0 aromatic carbocycles. The highest BCUT2D eigenvalue weighted by Crippen LogP contribution is 2.18. The molecule has 16 heavy (non-hydrogen) atoms. The number of rotatable bonds is 4. The van der Waals surface area contributed by atoms with Gasteiger partial charge in [0.25, 0.3) is 0 Å². The molecule has 0 unspecified atom stereocenters. The monoisotopic (exact) mass is 219 g/mol. The molecule has 6 nitrogen and oxygen atoms in total. The van der Waals surface area contributed by atoms with Gasteiger partial charge < -0.3 is 10.1 Å². The summed E-state index contributed by atoms with van der Waals surface area (Å²) >= 11 is 0. The van der Waals surface area contributed by atoms with Gasteiger partial charge in [-0.15, -0.1) is 5.10 Å². The molecule has 84 valence electrons. The van der Waals surface area contributed by atoms with Gasteiger partial charge in [-0.3, -0.25) is 4.68 Å². The standard InChI is InChI=1S/C10H13N5O/c1-11-6-8-4-3-5-12-9(8)16-10-13-7-15(2)14-10/h3-5,7,11H,6H2,1-2H3. The van der Waals surface area contributed by atoms with E-state index < -0.39 is 0 Å². The number of pyridine rings is 1. The zero-order valence-electron chi connectivity index (χ0n) is 9.21. The molecule has 0 aliphatic rings. The molecule has 0 saturated carbocycles. The van der Waals surface area contributed by atoms with Crippen molar-refractivity contribution in [3.05, 3.63) is 30.2 Å². The Balaban J connectivity index is 2.20. The summed E-state index contributed by atoms with van der Waals surface area (Å²) < 4.78 is 7.07. The lowest BCUT2D eigenvalue weighted by molar-refractivity contribution is 0.416. The molecule has 0 radical (unpaired) electrons. The Hall–Kier alpha value is -1.95. The average molecular weight is 219 g/mol. The molecule has 2 aromatic rings. The van der Waals surface area contributed by atoms with Gasteiger partial charge in [-0.25, -0.2) is 4.98 Å². The second-order valence-electron chi connectivity index (χ2n) is 3.30. The van der Waals surface area contributed by atoms with Crippen LogP contribution in [0.2, 0.25) is 0 Å². The van der Waals surface area contributed by atoms with E-state index in [0.29, 0.717) is 18.4 Å². The fraction of sp³-hybridized carbons (Fsp3) is 0.300. The average Bonchev–Trinajstić information content (AvgIpc) is 2.67. The molecule has 6 heteroatoms. The van der Waals surface area contributed by atoms with E-state index in [1.165, 1.54) is 0 Å². The van der Waals surface area contributed by atoms with Crippen LogP contribution in [0.25, 0.3) is 0 Å². The largest absolute Gasteiger partial charge is 0.404 e. The van der Waals surface area contributed by atoms with Crippen molar-refractivity contribution in [2.75, 3.05) is 7.05 Å². The summed E-state index contributed by atoms with van der Waals surface area (Å²) in [5.41, 5.74) is 0.970. The van der Waals surface area contributed by atoms with Gasteiger partial charge in [0.1, 0.15) is 6.33 Å². The lowest BCUT2D eigenvalue weighted by Crippen LogP contribution is -2.07. The third kappa shape index (κ3) is 2.34. The summed E-state index contributed by atoms with van der Waals surface area (Å²) in [5, 5.41) is 7.08. The molecular formula is C10H13N5O. The SMILES string of the molecule is CNCc1cccnc1Oc1ncn(C)n1. The maximum absolute atomic E-state index is 5.49. The Morgan fingerprint density at radius 1 is 1.44 bits per heavy atom. The van der Waals surface area contributed by atoms with Gasteiger partial charge in [-0.2, -0.15) is 4.98 Å². The normalized spacial score (nSPS) is 10.4. The minimum absolute atomic E-state index is 0.304. The summed E-state index contributed by atoms with van der Waals surface area (Å²) in [4.78, 5) is 8.13. The molecular weight excluding hydrogens is 206 g/mol. The van der Waals surface area contributed by atoms with Gasteiger partial charge in [0.2, 0.25) is 5.88 Å². The van der Waals surface area contributed by atoms with Crippen molar-refractivity contribution in [1.29, 1.82) is 0 Å². The fourth-order valence-corrected chi connectivity index (χ4v) is 1.29. The maximum Gasteiger partial charge on any atom is 0.342 e. The van der Waals surface area contributed by atoms with Crippen LogP contribution in [0.15, 0.2) is 24.7 Å². The van der Waals surface area contributed by atoms with E-state index >= 15 is 0 Å². The first-order chi connectivity index (χ1) is 7.79. The molecule has 1 N–H and O–H groups in total. The van der Waals surface area contributed by atoms with Crippen molar-refractivity contribution < 1.29 is 4.74 Å². The van der Waals surface area contributed by atoms with Crippen LogP contribution >= 0.6 is 0 Å². The van der Waals surface area contributed by atoms with Crippen LogP contribution in [0.5, 0.6) is 11.9 Å². The van der Waals surface area contributed by atoms with Gasteiger partial charge in [0.15, 0.2) is 0 Å². The van der Waals surface area contributed by atoms with Crippen LogP contribution in [0.1, 0.15) is 5.56 Å². The van der Waals surface area contributed by atoms with Crippen molar-refractivity contribution in [1.82, 2.24) is 25.1 Å². The molecule has 2 heterocycles. The Morgan fingerprint density at radius 3 is 3.00 bits per heavy atom. The minimum atomic E-state index is 0.304. The number of nitrogens with one attached hydrogen (secondary N) is 1. The first-order valence-electron chi connectivity index (χ1n) is 4.91. The maximum atomic E-state index is 5.49.